The molecule has 0 saturated carbocycles. The average Bonchev–Trinajstić information content (AvgIpc) is 2.95. The fraction of sp³-hybridized carbons (Fsp3) is 0.231. The number of ether oxygens (including phenoxy) is 1. The first-order chi connectivity index (χ1) is 14.9. The smallest absolute Gasteiger partial charge is 0.332 e. The van der Waals surface area contributed by atoms with Crippen molar-refractivity contribution in [3.05, 3.63) is 95.6 Å². The zero-order valence-electron chi connectivity index (χ0n) is 18.0. The van der Waals surface area contributed by atoms with E-state index in [0.717, 1.165) is 17.5 Å². The lowest BCUT2D eigenvalue weighted by Crippen LogP contribution is -2.43. The topological polar surface area (TPSA) is 49.9 Å². The summed E-state index contributed by atoms with van der Waals surface area (Å²) in [6.07, 6.45) is 0.771. The van der Waals surface area contributed by atoms with E-state index in [1.165, 1.54) is 10.5 Å². The van der Waals surface area contributed by atoms with Gasteiger partial charge in [0.2, 0.25) is 0 Å². The van der Waals surface area contributed by atoms with E-state index in [1.807, 2.05) is 36.4 Å². The molecule has 0 aromatic heterocycles. The number of carbonyl (C=O) groups is 2. The second-order valence-corrected chi connectivity index (χ2v) is 8.20. The van der Waals surface area contributed by atoms with Crippen molar-refractivity contribution in [3.8, 4) is 5.75 Å². The summed E-state index contributed by atoms with van der Waals surface area (Å²) in [7, 11) is 1.56. The molecule has 0 radical (unpaired) electrons. The van der Waals surface area contributed by atoms with Gasteiger partial charge in [0, 0.05) is 12.6 Å². The van der Waals surface area contributed by atoms with Crippen molar-refractivity contribution >= 4 is 17.6 Å². The summed E-state index contributed by atoms with van der Waals surface area (Å²) in [5.74, 6) is 0.355. The van der Waals surface area contributed by atoms with E-state index in [-0.39, 0.29) is 11.9 Å². The van der Waals surface area contributed by atoms with Gasteiger partial charge in [0.15, 0.2) is 0 Å². The van der Waals surface area contributed by atoms with E-state index < -0.39 is 5.54 Å². The number of hydrogen-bond donors (Lipinski definition) is 0. The molecule has 0 atom stereocenters. The van der Waals surface area contributed by atoms with E-state index in [2.05, 4.69) is 18.2 Å². The lowest BCUT2D eigenvalue weighted by atomic mass is 9.97. The number of nitrogens with zero attached hydrogens (tertiary/aromatic N) is 2. The van der Waals surface area contributed by atoms with Crippen LogP contribution in [-0.4, -0.2) is 29.5 Å². The lowest BCUT2D eigenvalue weighted by Gasteiger charge is -2.28. The van der Waals surface area contributed by atoms with Gasteiger partial charge in [-0.25, -0.2) is 9.69 Å². The van der Waals surface area contributed by atoms with Gasteiger partial charge in [0.1, 0.15) is 11.3 Å². The van der Waals surface area contributed by atoms with Gasteiger partial charge in [-0.05, 0) is 49.1 Å². The number of anilines is 1. The predicted molar refractivity (Wildman–Crippen MR) is 121 cm³/mol. The van der Waals surface area contributed by atoms with Crippen LogP contribution in [0, 0.1) is 0 Å². The SMILES string of the molecule is COc1cccc(N2C(=O)N(Cc3ccccc3Cc3ccccc3)C(C)(C)C2=O)c1. The Morgan fingerprint density at radius 3 is 2.23 bits per heavy atom. The van der Waals surface area contributed by atoms with Gasteiger partial charge in [-0.2, -0.15) is 0 Å². The first-order valence-corrected chi connectivity index (χ1v) is 10.3. The molecule has 31 heavy (non-hydrogen) atoms. The number of methoxy groups -OCH3 is 1. The maximum absolute atomic E-state index is 13.4. The highest BCUT2D eigenvalue weighted by molar-refractivity contribution is 6.23. The van der Waals surface area contributed by atoms with Crippen LogP contribution in [0.15, 0.2) is 78.9 Å². The third-order valence-corrected chi connectivity index (χ3v) is 5.82. The van der Waals surface area contributed by atoms with Gasteiger partial charge in [-0.15, -0.1) is 0 Å². The van der Waals surface area contributed by atoms with Crippen LogP contribution in [0.5, 0.6) is 5.75 Å². The summed E-state index contributed by atoms with van der Waals surface area (Å²) >= 11 is 0. The molecule has 4 rings (SSSR count). The fourth-order valence-corrected chi connectivity index (χ4v) is 3.95. The van der Waals surface area contributed by atoms with Gasteiger partial charge in [0.05, 0.1) is 12.8 Å². The minimum absolute atomic E-state index is 0.244. The molecule has 1 heterocycles. The first kappa shape index (κ1) is 20.7. The van der Waals surface area contributed by atoms with Crippen LogP contribution in [0.1, 0.15) is 30.5 Å². The van der Waals surface area contributed by atoms with E-state index >= 15 is 0 Å². The van der Waals surface area contributed by atoms with Gasteiger partial charge >= 0.3 is 6.03 Å². The molecule has 0 bridgehead atoms. The van der Waals surface area contributed by atoms with Crippen LogP contribution in [0.25, 0.3) is 0 Å². The molecule has 3 amide bonds. The quantitative estimate of drug-likeness (QED) is 0.532. The second kappa shape index (κ2) is 8.26. The first-order valence-electron chi connectivity index (χ1n) is 10.3. The monoisotopic (exact) mass is 414 g/mol. The van der Waals surface area contributed by atoms with Crippen LogP contribution in [0.2, 0.25) is 0 Å². The minimum atomic E-state index is -0.958. The Morgan fingerprint density at radius 1 is 0.839 bits per heavy atom. The van der Waals surface area contributed by atoms with Crippen LogP contribution in [0.3, 0.4) is 0 Å². The molecule has 3 aromatic rings. The number of carbonyl (C=O) groups excluding carboxylic acids is 2. The Morgan fingerprint density at radius 2 is 1.52 bits per heavy atom. The summed E-state index contributed by atoms with van der Waals surface area (Å²) in [5, 5.41) is 0. The van der Waals surface area contributed by atoms with E-state index in [4.69, 9.17) is 4.74 Å². The molecule has 5 nitrogen and oxygen atoms in total. The van der Waals surface area contributed by atoms with Crippen LogP contribution in [0.4, 0.5) is 10.5 Å². The zero-order chi connectivity index (χ0) is 22.0. The third kappa shape index (κ3) is 3.91. The van der Waals surface area contributed by atoms with Crippen molar-refractivity contribution in [1.29, 1.82) is 0 Å². The molecule has 0 spiro atoms. The molecule has 1 fully saturated rings. The predicted octanol–water partition coefficient (Wildman–Crippen LogP) is 5.03. The normalized spacial score (nSPS) is 15.5. The Hall–Kier alpha value is -3.60. The van der Waals surface area contributed by atoms with Crippen LogP contribution in [-0.2, 0) is 17.8 Å². The van der Waals surface area contributed by atoms with E-state index in [9.17, 15) is 9.59 Å². The molecule has 1 aliphatic heterocycles. The van der Waals surface area contributed by atoms with Gasteiger partial charge < -0.3 is 9.64 Å². The van der Waals surface area contributed by atoms with Gasteiger partial charge in [0.25, 0.3) is 5.91 Å². The highest BCUT2D eigenvalue weighted by Crippen LogP contribution is 2.35. The largest absolute Gasteiger partial charge is 0.497 e. The zero-order valence-corrected chi connectivity index (χ0v) is 18.0. The molecule has 1 aliphatic rings. The Kier molecular flexibility index (Phi) is 5.51. The Labute approximate surface area is 182 Å². The number of rotatable bonds is 6. The fourth-order valence-electron chi connectivity index (χ4n) is 3.95. The van der Waals surface area contributed by atoms with E-state index in [0.29, 0.717) is 18.0 Å². The molecule has 1 saturated heterocycles. The molecule has 5 heteroatoms. The Bertz CT molecular complexity index is 1110. The minimum Gasteiger partial charge on any atom is -0.497 e. The third-order valence-electron chi connectivity index (χ3n) is 5.82. The number of benzene rings is 3. The van der Waals surface area contributed by atoms with Gasteiger partial charge in [-0.1, -0.05) is 60.7 Å². The molecular weight excluding hydrogens is 388 g/mol. The van der Waals surface area contributed by atoms with Crippen molar-refractivity contribution in [1.82, 2.24) is 4.90 Å². The summed E-state index contributed by atoms with van der Waals surface area (Å²) in [6.45, 7) is 3.96. The molecule has 0 aliphatic carbocycles. The van der Waals surface area contributed by atoms with Gasteiger partial charge in [-0.3, -0.25) is 4.79 Å². The van der Waals surface area contributed by atoms with Crippen molar-refractivity contribution in [3.63, 3.8) is 0 Å². The highest BCUT2D eigenvalue weighted by Gasteiger charge is 2.51. The number of amides is 3. The Balaban J connectivity index is 1.64. The summed E-state index contributed by atoms with van der Waals surface area (Å²) in [6, 6.07) is 25.0. The molecule has 158 valence electrons. The average molecular weight is 415 g/mol. The summed E-state index contributed by atoms with van der Waals surface area (Å²) in [5.41, 5.74) is 2.94. The van der Waals surface area contributed by atoms with Crippen molar-refractivity contribution in [2.75, 3.05) is 12.0 Å². The maximum Gasteiger partial charge on any atom is 0.332 e. The lowest BCUT2D eigenvalue weighted by molar-refractivity contribution is -0.123. The second-order valence-electron chi connectivity index (χ2n) is 8.20. The maximum atomic E-state index is 13.4. The molecule has 0 unspecified atom stereocenters. The van der Waals surface area contributed by atoms with Crippen molar-refractivity contribution in [2.24, 2.45) is 0 Å². The summed E-state index contributed by atoms with van der Waals surface area (Å²) in [4.78, 5) is 29.5. The standard InChI is InChI=1S/C26H26N2O3/c1-26(2)24(29)28(22-14-9-15-23(17-22)31-3)25(30)27(26)18-21-13-8-7-12-20(21)16-19-10-5-4-6-11-19/h4-15,17H,16,18H2,1-3H3. The molecule has 3 aromatic carbocycles. The van der Waals surface area contributed by atoms with Crippen molar-refractivity contribution < 1.29 is 14.3 Å². The highest BCUT2D eigenvalue weighted by atomic mass is 16.5. The van der Waals surface area contributed by atoms with Crippen LogP contribution < -0.4 is 9.64 Å². The van der Waals surface area contributed by atoms with E-state index in [1.54, 1.807) is 50.1 Å². The molecule has 0 N–H and O–H groups in total. The number of imide groups is 1. The molecular formula is C26H26N2O3. The number of hydrogen-bond acceptors (Lipinski definition) is 3. The number of urea groups is 1. The summed E-state index contributed by atoms with van der Waals surface area (Å²) < 4.78 is 5.27. The van der Waals surface area contributed by atoms with Crippen molar-refractivity contribution in [2.45, 2.75) is 32.4 Å². The van der Waals surface area contributed by atoms with Crippen LogP contribution >= 0.6 is 0 Å².